The summed E-state index contributed by atoms with van der Waals surface area (Å²) in [5, 5.41) is 15.8. The van der Waals surface area contributed by atoms with Crippen molar-refractivity contribution in [3.05, 3.63) is 58.3 Å². The highest BCUT2D eigenvalue weighted by Crippen LogP contribution is 2.16. The van der Waals surface area contributed by atoms with E-state index in [1.807, 2.05) is 13.0 Å². The lowest BCUT2D eigenvalue weighted by molar-refractivity contribution is -0.384. The molecule has 2 aromatic rings. The number of carbonyl (C=O) groups excluding carboxylic acids is 1. The average Bonchev–Trinajstić information content (AvgIpc) is 2.55. The Morgan fingerprint density at radius 2 is 2.04 bits per heavy atom. The van der Waals surface area contributed by atoms with Crippen LogP contribution in [0.4, 0.5) is 16.2 Å². The van der Waals surface area contributed by atoms with Gasteiger partial charge in [-0.25, -0.2) is 9.78 Å². The van der Waals surface area contributed by atoms with E-state index in [0.29, 0.717) is 18.2 Å². The summed E-state index contributed by atoms with van der Waals surface area (Å²) in [6, 6.07) is 8.72. The Kier molecular flexibility index (Phi) is 5.45. The molecule has 0 aliphatic rings. The molecule has 0 saturated carbocycles. The van der Waals surface area contributed by atoms with Crippen LogP contribution >= 0.6 is 0 Å². The van der Waals surface area contributed by atoms with E-state index in [0.717, 1.165) is 5.56 Å². The fourth-order valence-corrected chi connectivity index (χ4v) is 1.84. The lowest BCUT2D eigenvalue weighted by Gasteiger charge is -2.10. The van der Waals surface area contributed by atoms with Crippen LogP contribution in [0.15, 0.2) is 42.6 Å². The summed E-state index contributed by atoms with van der Waals surface area (Å²) >= 11 is 0. The first-order valence-corrected chi connectivity index (χ1v) is 6.96. The van der Waals surface area contributed by atoms with Gasteiger partial charge in [-0.15, -0.1) is 0 Å². The number of hydrogen-bond donors (Lipinski definition) is 2. The molecule has 1 aromatic carbocycles. The van der Waals surface area contributed by atoms with Crippen molar-refractivity contribution in [1.29, 1.82) is 0 Å². The van der Waals surface area contributed by atoms with Crippen LogP contribution in [0, 0.1) is 10.1 Å². The number of benzene rings is 1. The molecule has 1 heterocycles. The number of nitrogens with one attached hydrogen (secondary N) is 2. The minimum Gasteiger partial charge on any atom is -0.478 e. The van der Waals surface area contributed by atoms with Crippen LogP contribution in [0.3, 0.4) is 0 Å². The monoisotopic (exact) mass is 316 g/mol. The molecule has 23 heavy (non-hydrogen) atoms. The zero-order valence-corrected chi connectivity index (χ0v) is 12.5. The van der Waals surface area contributed by atoms with Gasteiger partial charge >= 0.3 is 6.03 Å². The molecule has 0 unspecified atom stereocenters. The molecule has 0 atom stereocenters. The largest absolute Gasteiger partial charge is 0.478 e. The molecule has 0 fully saturated rings. The molecule has 1 aromatic heterocycles. The number of nitrogens with zero attached hydrogens (tertiary/aromatic N) is 2. The van der Waals surface area contributed by atoms with E-state index >= 15 is 0 Å². The molecule has 2 N–H and O–H groups in total. The van der Waals surface area contributed by atoms with Crippen molar-refractivity contribution >= 4 is 17.4 Å². The molecule has 0 radical (unpaired) electrons. The Balaban J connectivity index is 1.91. The molecule has 0 bridgehead atoms. The lowest BCUT2D eigenvalue weighted by atomic mass is 10.2. The van der Waals surface area contributed by atoms with Gasteiger partial charge < -0.3 is 15.4 Å². The lowest BCUT2D eigenvalue weighted by Crippen LogP contribution is -2.28. The van der Waals surface area contributed by atoms with Gasteiger partial charge in [-0.05, 0) is 25.1 Å². The molecular formula is C15H16N4O4. The molecule has 0 aliphatic carbocycles. The summed E-state index contributed by atoms with van der Waals surface area (Å²) in [5.41, 5.74) is 1.19. The van der Waals surface area contributed by atoms with Gasteiger partial charge in [0.05, 0.1) is 11.5 Å². The van der Waals surface area contributed by atoms with Crippen molar-refractivity contribution in [2.75, 3.05) is 11.9 Å². The van der Waals surface area contributed by atoms with Gasteiger partial charge in [0.15, 0.2) is 0 Å². The molecule has 0 saturated heterocycles. The number of nitro groups is 1. The number of anilines is 1. The van der Waals surface area contributed by atoms with Crippen molar-refractivity contribution in [2.24, 2.45) is 0 Å². The number of nitro benzene ring substituents is 1. The minimum atomic E-state index is -0.498. The first-order chi connectivity index (χ1) is 11.1. The summed E-state index contributed by atoms with van der Waals surface area (Å²) in [7, 11) is 0. The Labute approximate surface area is 132 Å². The molecule has 0 spiro atoms. The highest BCUT2D eigenvalue weighted by atomic mass is 16.6. The molecule has 8 heteroatoms. The summed E-state index contributed by atoms with van der Waals surface area (Å²) in [6.45, 7) is 2.59. The predicted molar refractivity (Wildman–Crippen MR) is 84.4 cm³/mol. The van der Waals surface area contributed by atoms with Crippen LogP contribution < -0.4 is 15.4 Å². The van der Waals surface area contributed by atoms with Gasteiger partial charge in [-0.3, -0.25) is 10.1 Å². The molecule has 2 amide bonds. The van der Waals surface area contributed by atoms with Crippen LogP contribution in [0.1, 0.15) is 12.5 Å². The van der Waals surface area contributed by atoms with Gasteiger partial charge in [0, 0.05) is 36.1 Å². The van der Waals surface area contributed by atoms with E-state index in [-0.39, 0.29) is 12.2 Å². The van der Waals surface area contributed by atoms with E-state index in [1.165, 1.54) is 24.3 Å². The number of pyridine rings is 1. The maximum Gasteiger partial charge on any atom is 0.319 e. The fourth-order valence-electron chi connectivity index (χ4n) is 1.84. The number of amides is 2. The second-order valence-electron chi connectivity index (χ2n) is 4.51. The summed E-state index contributed by atoms with van der Waals surface area (Å²) in [6.07, 6.45) is 1.62. The maximum atomic E-state index is 11.9. The molecule has 2 rings (SSSR count). The molecule has 8 nitrogen and oxygen atoms in total. The second-order valence-corrected chi connectivity index (χ2v) is 4.51. The summed E-state index contributed by atoms with van der Waals surface area (Å²) in [5.74, 6) is 0.477. The normalized spacial score (nSPS) is 9.96. The van der Waals surface area contributed by atoms with E-state index < -0.39 is 11.0 Å². The Hall–Kier alpha value is -3.16. The third-order valence-corrected chi connectivity index (χ3v) is 2.91. The van der Waals surface area contributed by atoms with Gasteiger partial charge in [-0.2, -0.15) is 0 Å². The zero-order chi connectivity index (χ0) is 16.7. The van der Waals surface area contributed by atoms with Crippen LogP contribution in [0.5, 0.6) is 5.88 Å². The van der Waals surface area contributed by atoms with E-state index in [2.05, 4.69) is 15.6 Å². The quantitative estimate of drug-likeness (QED) is 0.629. The Bertz CT molecular complexity index is 688. The minimum absolute atomic E-state index is 0.0346. The van der Waals surface area contributed by atoms with Crippen LogP contribution in [0.2, 0.25) is 0 Å². The first-order valence-electron chi connectivity index (χ1n) is 6.96. The summed E-state index contributed by atoms with van der Waals surface area (Å²) < 4.78 is 5.38. The van der Waals surface area contributed by atoms with Crippen LogP contribution in [-0.4, -0.2) is 22.5 Å². The molecule has 0 aliphatic heterocycles. The van der Waals surface area contributed by atoms with Crippen LogP contribution in [0.25, 0.3) is 0 Å². The van der Waals surface area contributed by atoms with Crippen molar-refractivity contribution in [1.82, 2.24) is 10.3 Å². The Morgan fingerprint density at radius 1 is 1.30 bits per heavy atom. The van der Waals surface area contributed by atoms with Crippen molar-refractivity contribution in [3.8, 4) is 5.88 Å². The molecular weight excluding hydrogens is 300 g/mol. The third kappa shape index (κ3) is 4.67. The number of aromatic nitrogens is 1. The topological polar surface area (TPSA) is 106 Å². The van der Waals surface area contributed by atoms with Gasteiger partial charge in [0.1, 0.15) is 0 Å². The maximum absolute atomic E-state index is 11.9. The van der Waals surface area contributed by atoms with Gasteiger partial charge in [-0.1, -0.05) is 6.07 Å². The number of rotatable bonds is 6. The SMILES string of the molecule is CCOc1ncccc1CNC(=O)Nc1ccc([N+](=O)[O-])cc1. The van der Waals surface area contributed by atoms with Crippen molar-refractivity contribution < 1.29 is 14.5 Å². The number of ether oxygens (including phenoxy) is 1. The smallest absolute Gasteiger partial charge is 0.319 e. The van der Waals surface area contributed by atoms with Crippen molar-refractivity contribution in [3.63, 3.8) is 0 Å². The zero-order valence-electron chi connectivity index (χ0n) is 12.5. The first kappa shape index (κ1) is 16.2. The second kappa shape index (κ2) is 7.74. The van der Waals surface area contributed by atoms with Gasteiger partial charge in [0.25, 0.3) is 5.69 Å². The number of urea groups is 1. The summed E-state index contributed by atoms with van der Waals surface area (Å²) in [4.78, 5) is 26.0. The Morgan fingerprint density at radius 3 is 2.70 bits per heavy atom. The van der Waals surface area contributed by atoms with Gasteiger partial charge in [0.2, 0.25) is 5.88 Å². The average molecular weight is 316 g/mol. The standard InChI is InChI=1S/C15H16N4O4/c1-2-23-14-11(4-3-9-16-14)10-17-15(20)18-12-5-7-13(8-6-12)19(21)22/h3-9H,2,10H2,1H3,(H2,17,18,20). The van der Waals surface area contributed by atoms with E-state index in [4.69, 9.17) is 4.74 Å². The highest BCUT2D eigenvalue weighted by Gasteiger charge is 2.08. The number of non-ortho nitro benzene ring substituents is 1. The molecule has 120 valence electrons. The highest BCUT2D eigenvalue weighted by molar-refractivity contribution is 5.89. The predicted octanol–water partition coefficient (Wildman–Crippen LogP) is 2.71. The number of hydrogen-bond acceptors (Lipinski definition) is 5. The van der Waals surface area contributed by atoms with E-state index in [9.17, 15) is 14.9 Å². The number of carbonyl (C=O) groups is 1. The third-order valence-electron chi connectivity index (χ3n) is 2.91. The van der Waals surface area contributed by atoms with Crippen molar-refractivity contribution in [2.45, 2.75) is 13.5 Å². The van der Waals surface area contributed by atoms with Crippen LogP contribution in [-0.2, 0) is 6.54 Å². The fraction of sp³-hybridized carbons (Fsp3) is 0.200. The van der Waals surface area contributed by atoms with E-state index in [1.54, 1.807) is 12.3 Å².